The Kier molecular flexibility index (Phi) is 4.18. The summed E-state index contributed by atoms with van der Waals surface area (Å²) in [5.74, 6) is 0.511. The van der Waals surface area contributed by atoms with Crippen molar-refractivity contribution < 1.29 is 8.42 Å². The van der Waals surface area contributed by atoms with E-state index in [9.17, 15) is 8.42 Å². The molecule has 0 aliphatic heterocycles. The molecule has 0 spiro atoms. The number of nitrogen functional groups attached to an aromatic ring is 1. The first-order valence-corrected chi connectivity index (χ1v) is 6.90. The van der Waals surface area contributed by atoms with Gasteiger partial charge in [-0.2, -0.15) is 0 Å². The molecule has 0 amide bonds. The number of nitrogens with two attached hydrogens (primary N) is 1. The molecule has 0 unspecified atom stereocenters. The van der Waals surface area contributed by atoms with E-state index >= 15 is 0 Å². The van der Waals surface area contributed by atoms with Gasteiger partial charge in [0.05, 0.1) is 11.4 Å². The SMILES string of the molecule is CC(C)CCS(=O)(=O)Nc1cccc(N)c1. The first-order valence-electron chi connectivity index (χ1n) is 5.25. The monoisotopic (exact) mass is 242 g/mol. The highest BCUT2D eigenvalue weighted by atomic mass is 32.2. The molecule has 0 heterocycles. The number of anilines is 2. The Bertz CT molecular complexity index is 441. The lowest BCUT2D eigenvalue weighted by molar-refractivity contribution is 0.578. The fourth-order valence-electron chi connectivity index (χ4n) is 1.22. The molecule has 5 heteroatoms. The highest BCUT2D eigenvalue weighted by Gasteiger charge is 2.11. The first kappa shape index (κ1) is 12.8. The fourth-order valence-corrected chi connectivity index (χ4v) is 2.59. The molecule has 1 aromatic carbocycles. The molecule has 1 aromatic rings. The van der Waals surface area contributed by atoms with E-state index in [1.807, 2.05) is 13.8 Å². The van der Waals surface area contributed by atoms with Gasteiger partial charge in [-0.1, -0.05) is 19.9 Å². The molecule has 90 valence electrons. The molecular weight excluding hydrogens is 224 g/mol. The molecule has 0 aliphatic carbocycles. The minimum Gasteiger partial charge on any atom is -0.399 e. The summed E-state index contributed by atoms with van der Waals surface area (Å²) < 4.78 is 25.8. The van der Waals surface area contributed by atoms with Crippen molar-refractivity contribution in [3.05, 3.63) is 24.3 Å². The lowest BCUT2D eigenvalue weighted by Crippen LogP contribution is -2.17. The average molecular weight is 242 g/mol. The Hall–Kier alpha value is -1.23. The fraction of sp³-hybridized carbons (Fsp3) is 0.455. The van der Waals surface area contributed by atoms with Gasteiger partial charge in [0, 0.05) is 5.69 Å². The van der Waals surface area contributed by atoms with Crippen LogP contribution in [-0.2, 0) is 10.0 Å². The molecule has 1 rings (SSSR count). The third-order valence-electron chi connectivity index (χ3n) is 2.12. The smallest absolute Gasteiger partial charge is 0.232 e. The largest absolute Gasteiger partial charge is 0.399 e. The highest BCUT2D eigenvalue weighted by molar-refractivity contribution is 7.92. The molecular formula is C11H18N2O2S. The van der Waals surface area contributed by atoms with E-state index in [-0.39, 0.29) is 5.75 Å². The lowest BCUT2D eigenvalue weighted by atomic mass is 10.2. The summed E-state index contributed by atoms with van der Waals surface area (Å²) in [5.41, 5.74) is 6.63. The van der Waals surface area contributed by atoms with Gasteiger partial charge >= 0.3 is 0 Å². The quantitative estimate of drug-likeness (QED) is 0.776. The molecule has 0 saturated heterocycles. The Morgan fingerprint density at radius 1 is 1.38 bits per heavy atom. The maximum absolute atomic E-state index is 11.7. The van der Waals surface area contributed by atoms with Gasteiger partial charge in [-0.05, 0) is 30.5 Å². The Balaban J connectivity index is 2.66. The maximum atomic E-state index is 11.7. The second-order valence-electron chi connectivity index (χ2n) is 4.23. The van der Waals surface area contributed by atoms with Gasteiger partial charge in [-0.3, -0.25) is 4.72 Å². The van der Waals surface area contributed by atoms with Gasteiger partial charge in [0.25, 0.3) is 0 Å². The normalized spacial score (nSPS) is 11.7. The molecule has 0 radical (unpaired) electrons. The minimum absolute atomic E-state index is 0.138. The molecule has 16 heavy (non-hydrogen) atoms. The van der Waals surface area contributed by atoms with Gasteiger partial charge in [0.1, 0.15) is 0 Å². The third-order valence-corrected chi connectivity index (χ3v) is 3.44. The number of sulfonamides is 1. The second-order valence-corrected chi connectivity index (χ2v) is 6.07. The summed E-state index contributed by atoms with van der Waals surface area (Å²) >= 11 is 0. The van der Waals surface area contributed by atoms with E-state index in [1.54, 1.807) is 24.3 Å². The minimum atomic E-state index is -3.25. The van der Waals surface area contributed by atoms with Crippen LogP contribution in [0.1, 0.15) is 20.3 Å². The zero-order chi connectivity index (χ0) is 12.2. The predicted molar refractivity (Wildman–Crippen MR) is 67.7 cm³/mol. The summed E-state index contributed by atoms with van der Waals surface area (Å²) in [6, 6.07) is 6.72. The lowest BCUT2D eigenvalue weighted by Gasteiger charge is -2.09. The standard InChI is InChI=1S/C11H18N2O2S/c1-9(2)6-7-16(14,15)13-11-5-3-4-10(12)8-11/h3-5,8-9,13H,6-7,12H2,1-2H3. The molecule has 4 nitrogen and oxygen atoms in total. The zero-order valence-electron chi connectivity index (χ0n) is 9.60. The van der Waals surface area contributed by atoms with Gasteiger partial charge < -0.3 is 5.73 Å². The molecule has 0 fully saturated rings. The molecule has 3 N–H and O–H groups in total. The molecule has 0 aliphatic rings. The number of nitrogens with one attached hydrogen (secondary N) is 1. The van der Waals surface area contributed by atoms with Crippen molar-refractivity contribution in [3.8, 4) is 0 Å². The van der Waals surface area contributed by atoms with Crippen LogP contribution in [0.3, 0.4) is 0 Å². The van der Waals surface area contributed by atoms with Crippen molar-refractivity contribution in [2.45, 2.75) is 20.3 Å². The molecule has 0 atom stereocenters. The van der Waals surface area contributed by atoms with Gasteiger partial charge in [-0.15, -0.1) is 0 Å². The van der Waals surface area contributed by atoms with Crippen LogP contribution in [0.4, 0.5) is 11.4 Å². The van der Waals surface area contributed by atoms with Crippen LogP contribution in [-0.4, -0.2) is 14.2 Å². The third kappa shape index (κ3) is 4.53. The van der Waals surface area contributed by atoms with E-state index in [1.165, 1.54) is 0 Å². The van der Waals surface area contributed by atoms with E-state index in [0.717, 1.165) is 0 Å². The van der Waals surface area contributed by atoms with Crippen molar-refractivity contribution in [2.24, 2.45) is 5.92 Å². The van der Waals surface area contributed by atoms with Crippen LogP contribution in [0.15, 0.2) is 24.3 Å². The Labute approximate surface area is 96.9 Å². The number of hydrogen-bond acceptors (Lipinski definition) is 3. The molecule has 0 saturated carbocycles. The zero-order valence-corrected chi connectivity index (χ0v) is 10.4. The molecule has 0 bridgehead atoms. The van der Waals surface area contributed by atoms with E-state index in [0.29, 0.717) is 23.7 Å². The van der Waals surface area contributed by atoms with Crippen LogP contribution in [0.5, 0.6) is 0 Å². The van der Waals surface area contributed by atoms with Gasteiger partial charge in [-0.25, -0.2) is 8.42 Å². The summed E-state index contributed by atoms with van der Waals surface area (Å²) in [5, 5.41) is 0. The Morgan fingerprint density at radius 3 is 2.62 bits per heavy atom. The molecule has 0 aromatic heterocycles. The van der Waals surface area contributed by atoms with Crippen LogP contribution in [0.2, 0.25) is 0 Å². The van der Waals surface area contributed by atoms with Gasteiger partial charge in [0.2, 0.25) is 10.0 Å². The number of rotatable bonds is 5. The summed E-state index contributed by atoms with van der Waals surface area (Å²) in [4.78, 5) is 0. The Morgan fingerprint density at radius 2 is 2.06 bits per heavy atom. The van der Waals surface area contributed by atoms with E-state index in [2.05, 4.69) is 4.72 Å². The van der Waals surface area contributed by atoms with Crippen LogP contribution >= 0.6 is 0 Å². The van der Waals surface area contributed by atoms with Crippen LogP contribution in [0, 0.1) is 5.92 Å². The van der Waals surface area contributed by atoms with Crippen molar-refractivity contribution in [1.82, 2.24) is 0 Å². The highest BCUT2D eigenvalue weighted by Crippen LogP contribution is 2.14. The summed E-state index contributed by atoms with van der Waals surface area (Å²) in [7, 11) is -3.25. The van der Waals surface area contributed by atoms with Crippen molar-refractivity contribution in [1.29, 1.82) is 0 Å². The van der Waals surface area contributed by atoms with Crippen molar-refractivity contribution >= 4 is 21.4 Å². The summed E-state index contributed by atoms with van der Waals surface area (Å²) in [6.07, 6.45) is 0.650. The number of hydrogen-bond donors (Lipinski definition) is 2. The second kappa shape index (κ2) is 5.21. The van der Waals surface area contributed by atoms with Crippen molar-refractivity contribution in [2.75, 3.05) is 16.2 Å². The van der Waals surface area contributed by atoms with E-state index in [4.69, 9.17) is 5.73 Å². The first-order chi connectivity index (χ1) is 7.39. The topological polar surface area (TPSA) is 72.2 Å². The predicted octanol–water partition coefficient (Wildman–Crippen LogP) is 2.06. The van der Waals surface area contributed by atoms with Crippen LogP contribution < -0.4 is 10.5 Å². The van der Waals surface area contributed by atoms with Crippen LogP contribution in [0.25, 0.3) is 0 Å². The van der Waals surface area contributed by atoms with E-state index < -0.39 is 10.0 Å². The van der Waals surface area contributed by atoms with Crippen molar-refractivity contribution in [3.63, 3.8) is 0 Å². The summed E-state index contributed by atoms with van der Waals surface area (Å²) in [6.45, 7) is 3.99. The van der Waals surface area contributed by atoms with Gasteiger partial charge in [0.15, 0.2) is 0 Å². The number of benzene rings is 1. The maximum Gasteiger partial charge on any atom is 0.232 e. The average Bonchev–Trinajstić information content (AvgIpc) is 2.14.